The molecular weight excluding hydrogens is 870 g/mol. The number of hydrogen-bond acceptors (Lipinski definition) is 13. The van der Waals surface area contributed by atoms with Gasteiger partial charge in [-0.3, -0.25) is 38.5 Å². The van der Waals surface area contributed by atoms with E-state index in [1.54, 1.807) is 44.2 Å². The SMILES string of the molecule is CC[C@@]1(O)C(=O)OCc2c1cc1n(c2=O)Cc2c-1nc1cc(F)c(C)c3c1c2[C@@H](NC(=O)CCN(CCNC(=O)CCC(=O)[C@H](Cc1ccccc1)NC(=O)CCC(=O)CN)CC(=O)O)CC3. The Morgan fingerprint density at radius 3 is 2.45 bits per heavy atom. The number of nitrogens with zero attached hydrogens (tertiary/aromatic N) is 3. The number of Topliss-reactive ketones (excluding diaryl/α,β-unsaturated/α-hetero) is 2. The average Bonchev–Trinajstić information content (AvgIpc) is 3.68. The number of benzene rings is 2. The minimum Gasteiger partial charge on any atom is -0.480 e. The second-order valence-electron chi connectivity index (χ2n) is 17.3. The van der Waals surface area contributed by atoms with Crippen molar-refractivity contribution in [1.29, 1.82) is 0 Å². The summed E-state index contributed by atoms with van der Waals surface area (Å²) in [5.41, 5.74) is 7.40. The average molecular weight is 924 g/mol. The van der Waals surface area contributed by atoms with Crippen LogP contribution >= 0.6 is 0 Å². The quantitative estimate of drug-likeness (QED) is 0.0575. The van der Waals surface area contributed by atoms with Gasteiger partial charge in [-0.25, -0.2) is 14.2 Å². The number of nitrogens with two attached hydrogens (primary N) is 1. The van der Waals surface area contributed by atoms with E-state index in [9.17, 15) is 48.6 Å². The molecule has 18 nitrogen and oxygen atoms in total. The molecule has 354 valence electrons. The number of hydrogen-bond donors (Lipinski definition) is 6. The Bertz CT molecular complexity index is 2720. The number of ketones is 2. The van der Waals surface area contributed by atoms with Gasteiger partial charge in [0.2, 0.25) is 17.7 Å². The second kappa shape index (κ2) is 20.4. The molecule has 2 aliphatic heterocycles. The number of carbonyl (C=O) groups is 7. The number of ether oxygens (including phenoxy) is 1. The molecule has 3 amide bonds. The van der Waals surface area contributed by atoms with Gasteiger partial charge in [0.15, 0.2) is 11.4 Å². The maximum absolute atomic E-state index is 15.4. The van der Waals surface area contributed by atoms with Crippen LogP contribution in [0.5, 0.6) is 0 Å². The van der Waals surface area contributed by atoms with E-state index in [1.807, 2.05) is 6.07 Å². The molecule has 4 heterocycles. The lowest BCUT2D eigenvalue weighted by atomic mass is 9.81. The number of halogens is 1. The maximum atomic E-state index is 15.4. The van der Waals surface area contributed by atoms with E-state index in [1.165, 1.54) is 15.5 Å². The highest BCUT2D eigenvalue weighted by Crippen LogP contribution is 2.46. The molecule has 3 aliphatic rings. The first-order chi connectivity index (χ1) is 32.0. The molecule has 0 unspecified atom stereocenters. The summed E-state index contributed by atoms with van der Waals surface area (Å²) in [6, 6.07) is 10.4. The third kappa shape index (κ3) is 10.3. The first kappa shape index (κ1) is 48.2. The van der Waals surface area contributed by atoms with Crippen LogP contribution < -0.4 is 27.2 Å². The van der Waals surface area contributed by atoms with Crippen molar-refractivity contribution in [3.05, 3.63) is 97.6 Å². The van der Waals surface area contributed by atoms with Gasteiger partial charge in [0.1, 0.15) is 18.2 Å². The fourth-order valence-electron chi connectivity index (χ4n) is 9.26. The van der Waals surface area contributed by atoms with E-state index < -0.39 is 65.3 Å². The number of cyclic esters (lactones) is 1. The topological polar surface area (TPSA) is 269 Å². The number of aromatic nitrogens is 2. The van der Waals surface area contributed by atoms with Crippen molar-refractivity contribution in [2.45, 2.75) is 102 Å². The van der Waals surface area contributed by atoms with Crippen molar-refractivity contribution in [3.63, 3.8) is 0 Å². The van der Waals surface area contributed by atoms with Crippen LogP contribution in [0.1, 0.15) is 96.9 Å². The van der Waals surface area contributed by atoms with Crippen LogP contribution in [0.25, 0.3) is 22.3 Å². The summed E-state index contributed by atoms with van der Waals surface area (Å²) in [7, 11) is 0. The molecule has 0 radical (unpaired) electrons. The van der Waals surface area contributed by atoms with Crippen molar-refractivity contribution >= 4 is 52.1 Å². The number of esters is 1. The molecule has 7 N–H and O–H groups in total. The Hall–Kier alpha value is -6.70. The lowest BCUT2D eigenvalue weighted by Gasteiger charge is -2.31. The Kier molecular flexibility index (Phi) is 14.7. The molecule has 0 bridgehead atoms. The summed E-state index contributed by atoms with van der Waals surface area (Å²) in [6.07, 6.45) is 0.224. The van der Waals surface area contributed by atoms with Crippen molar-refractivity contribution in [1.82, 2.24) is 30.4 Å². The van der Waals surface area contributed by atoms with Gasteiger partial charge >= 0.3 is 11.9 Å². The van der Waals surface area contributed by atoms with Crippen LogP contribution in [-0.4, -0.2) is 105 Å². The molecular formula is C48H54FN7O11. The fraction of sp³-hybridized carbons (Fsp3) is 0.438. The van der Waals surface area contributed by atoms with Crippen molar-refractivity contribution in [2.75, 3.05) is 32.7 Å². The number of carboxylic acids is 1. The standard InChI is InChI=1S/C48H54FN7O11/c1-3-48(66)32-20-37-45-30(23-56(37)46(64)31(32)25-67-47(48)65)44-34(11-10-29-26(2)33(49)21-36(54-45)43(29)44)52-41(61)15-17-55(24-42(62)63)18-16-51-39(59)14-12-38(58)35(19-27-7-5-4-6-8-27)53-40(60)13-9-28(57)22-50/h4-8,20-21,34-35,66H,3,9-19,22-25,50H2,1-2H3,(H,51,59)(H,52,61)(H,53,60)(H,62,63)/t34-,35-,48-/m0/s1. The number of aliphatic carboxylic acids is 1. The summed E-state index contributed by atoms with van der Waals surface area (Å²) >= 11 is 0. The Balaban J connectivity index is 0.999. The van der Waals surface area contributed by atoms with Crippen molar-refractivity contribution < 1.29 is 52.9 Å². The van der Waals surface area contributed by atoms with Gasteiger partial charge in [-0.15, -0.1) is 0 Å². The highest BCUT2D eigenvalue weighted by atomic mass is 19.1. The number of fused-ring (bicyclic) bond motifs is 5. The monoisotopic (exact) mass is 923 g/mol. The number of aryl methyl sites for hydroxylation is 1. The molecule has 19 heteroatoms. The first-order valence-corrected chi connectivity index (χ1v) is 22.4. The van der Waals surface area contributed by atoms with Gasteiger partial charge in [0.05, 0.1) is 54.2 Å². The summed E-state index contributed by atoms with van der Waals surface area (Å²) in [5, 5.41) is 30.2. The van der Waals surface area contributed by atoms with Crippen LogP contribution in [0.3, 0.4) is 0 Å². The largest absolute Gasteiger partial charge is 0.480 e. The molecule has 4 aromatic rings. The highest BCUT2D eigenvalue weighted by Gasteiger charge is 2.46. The number of carboxylic acid groups (broad SMARTS) is 1. The highest BCUT2D eigenvalue weighted by molar-refractivity contribution is 5.95. The molecule has 0 saturated carbocycles. The number of aliphatic hydroxyl groups is 1. The lowest BCUT2D eigenvalue weighted by Crippen LogP contribution is -2.44. The Labute approximate surface area is 384 Å². The van der Waals surface area contributed by atoms with E-state index in [-0.39, 0.29) is 107 Å². The van der Waals surface area contributed by atoms with Crippen molar-refractivity contribution in [2.24, 2.45) is 5.73 Å². The number of amides is 3. The summed E-state index contributed by atoms with van der Waals surface area (Å²) in [5.74, 6) is -4.52. The van der Waals surface area contributed by atoms with E-state index >= 15 is 4.39 Å². The second-order valence-corrected chi connectivity index (χ2v) is 17.3. The van der Waals surface area contributed by atoms with Crippen LogP contribution in [0.15, 0.2) is 47.3 Å². The third-order valence-electron chi connectivity index (χ3n) is 12.9. The zero-order valence-corrected chi connectivity index (χ0v) is 37.4. The smallest absolute Gasteiger partial charge is 0.343 e. The van der Waals surface area contributed by atoms with Crippen LogP contribution in [0.4, 0.5) is 4.39 Å². The summed E-state index contributed by atoms with van der Waals surface area (Å²) in [4.78, 5) is 109. The van der Waals surface area contributed by atoms with Crippen LogP contribution in [-0.2, 0) is 69.9 Å². The third-order valence-corrected chi connectivity index (χ3v) is 12.9. The van der Waals surface area contributed by atoms with Gasteiger partial charge in [-0.05, 0) is 60.9 Å². The molecule has 7 rings (SSSR count). The molecule has 2 aromatic carbocycles. The molecule has 0 fully saturated rings. The van der Waals surface area contributed by atoms with Gasteiger partial charge in [0.25, 0.3) is 5.56 Å². The predicted molar refractivity (Wildman–Crippen MR) is 240 cm³/mol. The summed E-state index contributed by atoms with van der Waals surface area (Å²) < 4.78 is 22.1. The molecule has 2 aromatic heterocycles. The molecule has 67 heavy (non-hydrogen) atoms. The molecule has 1 aliphatic carbocycles. The molecule has 3 atom stereocenters. The number of rotatable bonds is 21. The van der Waals surface area contributed by atoms with E-state index in [0.29, 0.717) is 51.8 Å². The maximum Gasteiger partial charge on any atom is 0.343 e. The normalized spacial score (nSPS) is 17.2. The Morgan fingerprint density at radius 1 is 0.985 bits per heavy atom. The zero-order valence-electron chi connectivity index (χ0n) is 37.4. The van der Waals surface area contributed by atoms with Crippen LogP contribution in [0, 0.1) is 12.7 Å². The van der Waals surface area contributed by atoms with Crippen LogP contribution in [0.2, 0.25) is 0 Å². The van der Waals surface area contributed by atoms with Gasteiger partial charge in [-0.2, -0.15) is 0 Å². The fourth-order valence-corrected chi connectivity index (χ4v) is 9.26. The summed E-state index contributed by atoms with van der Waals surface area (Å²) in [6.45, 7) is 2.49. The van der Waals surface area contributed by atoms with Crippen molar-refractivity contribution in [3.8, 4) is 11.4 Å². The minimum atomic E-state index is -2.05. The predicted octanol–water partition coefficient (Wildman–Crippen LogP) is 1.91. The van der Waals surface area contributed by atoms with Gasteiger partial charge in [-0.1, -0.05) is 37.3 Å². The Morgan fingerprint density at radius 2 is 1.73 bits per heavy atom. The van der Waals surface area contributed by atoms with Gasteiger partial charge in [0, 0.05) is 74.3 Å². The molecule has 0 spiro atoms. The lowest BCUT2D eigenvalue weighted by molar-refractivity contribution is -0.172. The number of carbonyl (C=O) groups excluding carboxylic acids is 6. The van der Waals surface area contributed by atoms with E-state index in [0.717, 1.165) is 11.1 Å². The minimum absolute atomic E-state index is 0.00917. The zero-order chi connectivity index (χ0) is 48.2. The number of nitrogens with one attached hydrogen (secondary N) is 3. The first-order valence-electron chi connectivity index (χ1n) is 22.4. The van der Waals surface area contributed by atoms with E-state index in [4.69, 9.17) is 15.5 Å². The number of pyridine rings is 2. The van der Waals surface area contributed by atoms with Gasteiger partial charge < -0.3 is 41.2 Å². The van der Waals surface area contributed by atoms with E-state index in [2.05, 4.69) is 16.0 Å². The molecule has 0 saturated heterocycles.